The number of amides is 1. The Kier molecular flexibility index (Phi) is 6.39. The monoisotopic (exact) mass is 399 g/mol. The van der Waals surface area contributed by atoms with Crippen molar-refractivity contribution in [2.45, 2.75) is 33.0 Å². The second-order valence-corrected chi connectivity index (χ2v) is 6.84. The second-order valence-electron chi connectivity index (χ2n) is 6.43. The fourth-order valence-corrected chi connectivity index (χ4v) is 2.75. The number of hydrogen-bond donors (Lipinski definition) is 2. The molecule has 0 saturated heterocycles. The van der Waals surface area contributed by atoms with Crippen molar-refractivity contribution < 1.29 is 19.1 Å². The summed E-state index contributed by atoms with van der Waals surface area (Å²) in [6, 6.07) is 15.7. The van der Waals surface area contributed by atoms with Gasteiger partial charge >= 0.3 is 0 Å². The van der Waals surface area contributed by atoms with E-state index in [4.69, 9.17) is 25.9 Å². The summed E-state index contributed by atoms with van der Waals surface area (Å²) in [4.78, 5) is 12.6. The van der Waals surface area contributed by atoms with Crippen LogP contribution in [0.15, 0.2) is 59.0 Å². The Balaban J connectivity index is 1.75. The summed E-state index contributed by atoms with van der Waals surface area (Å²) in [7, 11) is 0. The number of aliphatic hydroxyl groups is 1. The molecule has 0 spiro atoms. The van der Waals surface area contributed by atoms with Gasteiger partial charge in [0.1, 0.15) is 23.9 Å². The van der Waals surface area contributed by atoms with Crippen LogP contribution in [0, 0.1) is 0 Å². The zero-order chi connectivity index (χ0) is 20.1. The van der Waals surface area contributed by atoms with E-state index >= 15 is 0 Å². The lowest BCUT2D eigenvalue weighted by Crippen LogP contribution is -2.13. The van der Waals surface area contributed by atoms with Crippen LogP contribution in [0.3, 0.4) is 0 Å². The number of carbonyl (C=O) groups excluding carboxylic acids is 1. The molecule has 3 aromatic rings. The molecule has 2 N–H and O–H groups in total. The molecule has 3 rings (SSSR count). The first-order chi connectivity index (χ1) is 13.5. The summed E-state index contributed by atoms with van der Waals surface area (Å²) < 4.78 is 11.3. The van der Waals surface area contributed by atoms with Crippen LogP contribution >= 0.6 is 11.6 Å². The maximum Gasteiger partial charge on any atom is 0.255 e. The van der Waals surface area contributed by atoms with Crippen LogP contribution < -0.4 is 10.1 Å². The molecule has 6 heteroatoms. The molecule has 146 valence electrons. The van der Waals surface area contributed by atoms with Crippen LogP contribution in [0.2, 0.25) is 5.02 Å². The molecular formula is C22H22ClNO4. The first kappa shape index (κ1) is 20.0. The third-order valence-corrected chi connectivity index (χ3v) is 4.67. The predicted octanol–water partition coefficient (Wildman–Crippen LogP) is 5.52. The summed E-state index contributed by atoms with van der Waals surface area (Å²) in [5.74, 6) is 1.51. The molecule has 28 heavy (non-hydrogen) atoms. The summed E-state index contributed by atoms with van der Waals surface area (Å²) in [5.41, 5.74) is 1.72. The maximum atomic E-state index is 12.6. The molecule has 2 aromatic carbocycles. The predicted molar refractivity (Wildman–Crippen MR) is 110 cm³/mol. The molecule has 0 saturated carbocycles. The highest BCUT2D eigenvalue weighted by Crippen LogP contribution is 2.30. The third kappa shape index (κ3) is 4.74. The number of rotatable bonds is 7. The van der Waals surface area contributed by atoms with Gasteiger partial charge in [0.25, 0.3) is 5.91 Å². The Morgan fingerprint density at radius 3 is 2.57 bits per heavy atom. The Morgan fingerprint density at radius 2 is 1.93 bits per heavy atom. The number of carbonyl (C=O) groups is 1. The highest BCUT2D eigenvalue weighted by molar-refractivity contribution is 6.34. The quantitative estimate of drug-likeness (QED) is 0.548. The molecule has 0 radical (unpaired) electrons. The van der Waals surface area contributed by atoms with Crippen LogP contribution in [-0.2, 0) is 6.61 Å². The molecule has 5 nitrogen and oxygen atoms in total. The molecular weight excluding hydrogens is 378 g/mol. The average molecular weight is 400 g/mol. The van der Waals surface area contributed by atoms with E-state index in [0.29, 0.717) is 27.8 Å². The molecule has 1 atom stereocenters. The first-order valence-corrected chi connectivity index (χ1v) is 9.45. The minimum Gasteiger partial charge on any atom is -0.491 e. The number of ether oxygens (including phenoxy) is 1. The van der Waals surface area contributed by atoms with Crippen molar-refractivity contribution in [2.75, 3.05) is 5.32 Å². The standard InChI is InChI=1S/C22H22ClNO4/c1-3-14(2)27-17-7-4-15(5-8-17)22(26)24-20-12-16(6-10-19(20)23)21-11-9-18(13-25)28-21/h4-12,14,25H,3,13H2,1-2H3,(H,24,26). The van der Waals surface area contributed by atoms with Gasteiger partial charge < -0.3 is 19.6 Å². The molecule has 0 aliphatic rings. The molecule has 0 aliphatic heterocycles. The van der Waals surface area contributed by atoms with Crippen LogP contribution in [0.1, 0.15) is 36.4 Å². The first-order valence-electron chi connectivity index (χ1n) is 9.07. The Labute approximate surface area is 168 Å². The van der Waals surface area contributed by atoms with E-state index in [1.807, 2.05) is 6.92 Å². The van der Waals surface area contributed by atoms with E-state index in [9.17, 15) is 4.79 Å². The van der Waals surface area contributed by atoms with Crippen molar-refractivity contribution in [3.8, 4) is 17.1 Å². The molecule has 1 unspecified atom stereocenters. The van der Waals surface area contributed by atoms with E-state index in [1.54, 1.807) is 54.6 Å². The molecule has 0 fully saturated rings. The lowest BCUT2D eigenvalue weighted by atomic mass is 10.1. The van der Waals surface area contributed by atoms with Crippen LogP contribution in [0.4, 0.5) is 5.69 Å². The fraction of sp³-hybridized carbons (Fsp3) is 0.227. The van der Waals surface area contributed by atoms with Crippen molar-refractivity contribution in [3.63, 3.8) is 0 Å². The topological polar surface area (TPSA) is 71.7 Å². The molecule has 1 aromatic heterocycles. The number of anilines is 1. The summed E-state index contributed by atoms with van der Waals surface area (Å²) >= 11 is 6.24. The Bertz CT molecular complexity index is 949. The number of hydrogen-bond acceptors (Lipinski definition) is 4. The number of benzene rings is 2. The third-order valence-electron chi connectivity index (χ3n) is 4.35. The summed E-state index contributed by atoms with van der Waals surface area (Å²) in [6.07, 6.45) is 1.03. The van der Waals surface area contributed by atoms with Crippen LogP contribution in [-0.4, -0.2) is 17.1 Å². The van der Waals surface area contributed by atoms with Gasteiger partial charge in [0.15, 0.2) is 0 Å². The second kappa shape index (κ2) is 8.95. The van der Waals surface area contributed by atoms with Crippen molar-refractivity contribution in [1.82, 2.24) is 0 Å². The van der Waals surface area contributed by atoms with E-state index in [2.05, 4.69) is 12.2 Å². The van der Waals surface area contributed by atoms with Crippen molar-refractivity contribution in [3.05, 3.63) is 70.9 Å². The Hall–Kier alpha value is -2.76. The summed E-state index contributed by atoms with van der Waals surface area (Å²) in [5, 5.41) is 12.4. The molecule has 0 bridgehead atoms. The van der Waals surface area contributed by atoms with Gasteiger partial charge in [0.05, 0.1) is 16.8 Å². The van der Waals surface area contributed by atoms with Crippen LogP contribution in [0.25, 0.3) is 11.3 Å². The highest BCUT2D eigenvalue weighted by Gasteiger charge is 2.12. The zero-order valence-corrected chi connectivity index (χ0v) is 16.5. The lowest BCUT2D eigenvalue weighted by Gasteiger charge is -2.13. The van der Waals surface area contributed by atoms with Gasteiger partial charge in [-0.15, -0.1) is 0 Å². The Morgan fingerprint density at radius 1 is 1.18 bits per heavy atom. The minimum absolute atomic E-state index is 0.120. The number of aliphatic hydroxyl groups excluding tert-OH is 1. The fourth-order valence-electron chi connectivity index (χ4n) is 2.59. The largest absolute Gasteiger partial charge is 0.491 e. The molecule has 1 heterocycles. The number of furan rings is 1. The van der Waals surface area contributed by atoms with Gasteiger partial charge in [-0.3, -0.25) is 4.79 Å². The van der Waals surface area contributed by atoms with Gasteiger partial charge in [-0.2, -0.15) is 0 Å². The van der Waals surface area contributed by atoms with E-state index < -0.39 is 0 Å². The summed E-state index contributed by atoms with van der Waals surface area (Å²) in [6.45, 7) is 3.88. The lowest BCUT2D eigenvalue weighted by molar-refractivity contribution is 0.102. The van der Waals surface area contributed by atoms with E-state index in [0.717, 1.165) is 17.7 Å². The number of nitrogens with one attached hydrogen (secondary N) is 1. The van der Waals surface area contributed by atoms with Crippen LogP contribution in [0.5, 0.6) is 5.75 Å². The highest BCUT2D eigenvalue weighted by atomic mass is 35.5. The minimum atomic E-state index is -0.273. The van der Waals surface area contributed by atoms with Crippen molar-refractivity contribution >= 4 is 23.2 Å². The average Bonchev–Trinajstić information content (AvgIpc) is 3.19. The maximum absolute atomic E-state index is 12.6. The molecule has 1 amide bonds. The van der Waals surface area contributed by atoms with Crippen molar-refractivity contribution in [2.24, 2.45) is 0 Å². The van der Waals surface area contributed by atoms with E-state index in [-0.39, 0.29) is 18.6 Å². The number of halogens is 1. The smallest absolute Gasteiger partial charge is 0.255 e. The normalized spacial score (nSPS) is 11.9. The van der Waals surface area contributed by atoms with Gasteiger partial charge in [0, 0.05) is 11.1 Å². The van der Waals surface area contributed by atoms with Gasteiger partial charge in [-0.25, -0.2) is 0 Å². The van der Waals surface area contributed by atoms with E-state index in [1.165, 1.54) is 0 Å². The van der Waals surface area contributed by atoms with Gasteiger partial charge in [-0.05, 0) is 67.9 Å². The van der Waals surface area contributed by atoms with Gasteiger partial charge in [-0.1, -0.05) is 18.5 Å². The van der Waals surface area contributed by atoms with Gasteiger partial charge in [0.2, 0.25) is 0 Å². The SMILES string of the molecule is CCC(C)Oc1ccc(C(=O)Nc2cc(-c3ccc(CO)o3)ccc2Cl)cc1. The van der Waals surface area contributed by atoms with Crippen molar-refractivity contribution in [1.29, 1.82) is 0 Å². The zero-order valence-electron chi connectivity index (χ0n) is 15.7. The molecule has 0 aliphatic carbocycles.